The summed E-state index contributed by atoms with van der Waals surface area (Å²) in [6, 6.07) is 6.45. The van der Waals surface area contributed by atoms with Crippen LogP contribution in [0.25, 0.3) is 0 Å². The van der Waals surface area contributed by atoms with Crippen LogP contribution in [0.4, 0.5) is 0 Å². The smallest absolute Gasteiger partial charge is 0.241 e. The van der Waals surface area contributed by atoms with E-state index in [0.29, 0.717) is 12.5 Å². The summed E-state index contributed by atoms with van der Waals surface area (Å²) in [5, 5.41) is 6.47. The van der Waals surface area contributed by atoms with E-state index in [9.17, 15) is 4.79 Å². The number of aliphatic imine (C=N–C) groups is 1. The lowest BCUT2D eigenvalue weighted by atomic mass is 10.1. The Morgan fingerprint density at radius 3 is 2.46 bits per heavy atom. The minimum absolute atomic E-state index is 0. The minimum atomic E-state index is 0. The standard InChI is InChI=1S/C21H36N4O2.HI/c1-8-16(4)24-21(23-14-20(26)25(6)7)22-13-18-11-10-15(3)12-19(18)27-17(5)9-2;/h10-12,16-17H,8-9,13-14H2,1-7H3,(H2,22,23,24);1H. The monoisotopic (exact) mass is 504 g/mol. The third kappa shape index (κ3) is 9.61. The Bertz CT molecular complexity index is 635. The van der Waals surface area contributed by atoms with E-state index in [1.165, 1.54) is 0 Å². The van der Waals surface area contributed by atoms with Crippen LogP contribution in [-0.4, -0.2) is 49.6 Å². The third-order valence-electron chi connectivity index (χ3n) is 4.43. The minimum Gasteiger partial charge on any atom is -0.490 e. The third-order valence-corrected chi connectivity index (χ3v) is 4.43. The quantitative estimate of drug-likeness (QED) is 0.306. The molecule has 6 nitrogen and oxygen atoms in total. The number of hydrogen-bond acceptors (Lipinski definition) is 3. The van der Waals surface area contributed by atoms with Gasteiger partial charge in [-0.1, -0.05) is 26.0 Å². The highest BCUT2D eigenvalue weighted by atomic mass is 127. The number of nitrogens with one attached hydrogen (secondary N) is 2. The second kappa shape index (κ2) is 13.6. The molecule has 1 amide bonds. The van der Waals surface area contributed by atoms with Crippen molar-refractivity contribution in [2.24, 2.45) is 4.99 Å². The largest absolute Gasteiger partial charge is 0.490 e. The van der Waals surface area contributed by atoms with Crippen LogP contribution in [0, 0.1) is 6.92 Å². The number of nitrogens with zero attached hydrogens (tertiary/aromatic N) is 2. The van der Waals surface area contributed by atoms with Crippen LogP contribution in [0.1, 0.15) is 51.7 Å². The molecule has 1 aromatic rings. The van der Waals surface area contributed by atoms with E-state index in [2.05, 4.69) is 68.4 Å². The summed E-state index contributed by atoms with van der Waals surface area (Å²) >= 11 is 0. The number of carbonyl (C=O) groups excluding carboxylic acids is 1. The number of guanidine groups is 1. The normalized spacial score (nSPS) is 13.2. The first-order chi connectivity index (χ1) is 12.8. The molecule has 7 heteroatoms. The number of likely N-dealkylation sites (N-methyl/N-ethyl adjacent to an activating group) is 1. The van der Waals surface area contributed by atoms with Gasteiger partial charge in [-0.3, -0.25) is 4.79 Å². The summed E-state index contributed by atoms with van der Waals surface area (Å²) in [5.41, 5.74) is 2.19. The van der Waals surface area contributed by atoms with Gasteiger partial charge in [0, 0.05) is 25.7 Å². The zero-order chi connectivity index (χ0) is 20.4. The molecule has 0 aliphatic carbocycles. The Kier molecular flexibility index (Phi) is 12.9. The summed E-state index contributed by atoms with van der Waals surface area (Å²) in [7, 11) is 3.49. The molecule has 2 atom stereocenters. The molecule has 0 aliphatic heterocycles. The Morgan fingerprint density at radius 1 is 1.21 bits per heavy atom. The van der Waals surface area contributed by atoms with Crippen LogP contribution in [0.2, 0.25) is 0 Å². The van der Waals surface area contributed by atoms with Crippen LogP contribution in [0.3, 0.4) is 0 Å². The first kappa shape index (κ1) is 26.5. The van der Waals surface area contributed by atoms with Gasteiger partial charge in [0.25, 0.3) is 0 Å². The summed E-state index contributed by atoms with van der Waals surface area (Å²) in [5.74, 6) is 1.51. The van der Waals surface area contributed by atoms with E-state index in [1.807, 2.05) is 0 Å². The predicted molar refractivity (Wildman–Crippen MR) is 128 cm³/mol. The lowest BCUT2D eigenvalue weighted by molar-refractivity contribution is -0.127. The average Bonchev–Trinajstić information content (AvgIpc) is 2.64. The fraction of sp³-hybridized carbons (Fsp3) is 0.619. The highest BCUT2D eigenvalue weighted by Gasteiger charge is 2.10. The van der Waals surface area contributed by atoms with Gasteiger partial charge in [0.15, 0.2) is 5.96 Å². The molecule has 0 heterocycles. The number of amides is 1. The van der Waals surface area contributed by atoms with Crippen LogP contribution in [0.15, 0.2) is 23.2 Å². The molecule has 0 aliphatic rings. The van der Waals surface area contributed by atoms with Gasteiger partial charge in [0.05, 0.1) is 19.2 Å². The topological polar surface area (TPSA) is 66.0 Å². The van der Waals surface area contributed by atoms with E-state index in [-0.39, 0.29) is 48.6 Å². The zero-order valence-electron chi connectivity index (χ0n) is 18.3. The van der Waals surface area contributed by atoms with Gasteiger partial charge in [0.2, 0.25) is 5.91 Å². The molecule has 1 aromatic carbocycles. The van der Waals surface area contributed by atoms with Crippen molar-refractivity contribution < 1.29 is 9.53 Å². The number of aryl methyl sites for hydroxylation is 1. The van der Waals surface area contributed by atoms with Crippen molar-refractivity contribution >= 4 is 35.8 Å². The molecule has 0 spiro atoms. The fourth-order valence-corrected chi connectivity index (χ4v) is 2.17. The number of benzene rings is 1. The molecule has 0 fully saturated rings. The Hall–Kier alpha value is -1.51. The van der Waals surface area contributed by atoms with Crippen LogP contribution in [0.5, 0.6) is 5.75 Å². The summed E-state index contributed by atoms with van der Waals surface area (Å²) in [6.07, 6.45) is 2.07. The van der Waals surface area contributed by atoms with Crippen molar-refractivity contribution in [2.75, 3.05) is 20.6 Å². The highest BCUT2D eigenvalue weighted by Crippen LogP contribution is 2.23. The number of hydrogen-bond donors (Lipinski definition) is 2. The van der Waals surface area contributed by atoms with Crippen molar-refractivity contribution in [1.82, 2.24) is 15.5 Å². The molecule has 2 N–H and O–H groups in total. The van der Waals surface area contributed by atoms with Crippen LogP contribution < -0.4 is 15.4 Å². The average molecular weight is 504 g/mol. The highest BCUT2D eigenvalue weighted by molar-refractivity contribution is 14.0. The first-order valence-corrected chi connectivity index (χ1v) is 9.77. The van der Waals surface area contributed by atoms with Gasteiger partial charge in [-0.15, -0.1) is 24.0 Å². The Balaban J connectivity index is 0.00000729. The maximum Gasteiger partial charge on any atom is 0.241 e. The van der Waals surface area contributed by atoms with Crippen LogP contribution >= 0.6 is 24.0 Å². The fourth-order valence-electron chi connectivity index (χ4n) is 2.17. The van der Waals surface area contributed by atoms with Crippen molar-refractivity contribution in [2.45, 2.75) is 66.2 Å². The molecule has 0 aromatic heterocycles. The van der Waals surface area contributed by atoms with E-state index in [0.717, 1.165) is 29.7 Å². The number of ether oxygens (including phenoxy) is 1. The predicted octanol–water partition coefficient (Wildman–Crippen LogP) is 3.71. The Morgan fingerprint density at radius 2 is 1.89 bits per heavy atom. The lowest BCUT2D eigenvalue weighted by Crippen LogP contribution is -2.45. The molecule has 160 valence electrons. The molecule has 1 rings (SSSR count). The summed E-state index contributed by atoms with van der Waals surface area (Å²) < 4.78 is 6.07. The molecule has 2 unspecified atom stereocenters. The van der Waals surface area contributed by atoms with Crippen molar-refractivity contribution in [3.05, 3.63) is 29.3 Å². The molecule has 0 saturated heterocycles. The van der Waals surface area contributed by atoms with Gasteiger partial charge in [-0.25, -0.2) is 4.99 Å². The van der Waals surface area contributed by atoms with Gasteiger partial charge in [-0.2, -0.15) is 0 Å². The van der Waals surface area contributed by atoms with E-state index >= 15 is 0 Å². The van der Waals surface area contributed by atoms with Crippen molar-refractivity contribution in [3.63, 3.8) is 0 Å². The van der Waals surface area contributed by atoms with Gasteiger partial charge in [0.1, 0.15) is 5.75 Å². The maximum absolute atomic E-state index is 11.9. The summed E-state index contributed by atoms with van der Waals surface area (Å²) in [6.45, 7) is 11.1. The lowest BCUT2D eigenvalue weighted by Gasteiger charge is -2.19. The van der Waals surface area contributed by atoms with E-state index < -0.39 is 0 Å². The van der Waals surface area contributed by atoms with Crippen molar-refractivity contribution in [1.29, 1.82) is 0 Å². The number of halogens is 1. The molecule has 0 saturated carbocycles. The maximum atomic E-state index is 11.9. The van der Waals surface area contributed by atoms with Gasteiger partial charge < -0.3 is 20.3 Å². The van der Waals surface area contributed by atoms with Crippen LogP contribution in [-0.2, 0) is 11.3 Å². The van der Waals surface area contributed by atoms with Crippen molar-refractivity contribution in [3.8, 4) is 5.75 Å². The number of carbonyl (C=O) groups is 1. The second-order valence-corrected chi connectivity index (χ2v) is 7.21. The SMILES string of the molecule is CCC(C)NC(=NCc1ccc(C)cc1OC(C)CC)NCC(=O)N(C)C.I. The molecular formula is C21H37IN4O2. The Labute approximate surface area is 187 Å². The van der Waals surface area contributed by atoms with E-state index in [1.54, 1.807) is 19.0 Å². The second-order valence-electron chi connectivity index (χ2n) is 7.21. The van der Waals surface area contributed by atoms with E-state index in [4.69, 9.17) is 4.74 Å². The summed E-state index contributed by atoms with van der Waals surface area (Å²) in [4.78, 5) is 18.1. The molecule has 0 bridgehead atoms. The molecular weight excluding hydrogens is 467 g/mol. The van der Waals surface area contributed by atoms with Gasteiger partial charge >= 0.3 is 0 Å². The zero-order valence-corrected chi connectivity index (χ0v) is 20.7. The number of rotatable bonds is 9. The first-order valence-electron chi connectivity index (χ1n) is 9.77. The molecule has 28 heavy (non-hydrogen) atoms. The molecule has 0 radical (unpaired) electrons. The van der Waals surface area contributed by atoms with Gasteiger partial charge in [-0.05, 0) is 45.2 Å².